The minimum Gasteiger partial charge on any atom is -0.352 e. The smallest absolute Gasteiger partial charge is 0.263 e. The van der Waals surface area contributed by atoms with E-state index < -0.39 is 15.6 Å². The Balaban J connectivity index is 1.62. The van der Waals surface area contributed by atoms with Crippen LogP contribution in [0.1, 0.15) is 25.1 Å². The summed E-state index contributed by atoms with van der Waals surface area (Å²) in [6.07, 6.45) is 5.35. The van der Waals surface area contributed by atoms with Gasteiger partial charge in [-0.05, 0) is 26.3 Å². The van der Waals surface area contributed by atoms with Crippen molar-refractivity contribution in [1.29, 1.82) is 0 Å². The van der Waals surface area contributed by atoms with Crippen LogP contribution in [0.3, 0.4) is 0 Å². The van der Waals surface area contributed by atoms with E-state index in [1.165, 1.54) is 10.6 Å². The molecule has 1 fully saturated rings. The van der Waals surface area contributed by atoms with Gasteiger partial charge in [0.15, 0.2) is 0 Å². The Morgan fingerprint density at radius 2 is 1.85 bits per heavy atom. The third-order valence-electron chi connectivity index (χ3n) is 5.80. The fourth-order valence-electron chi connectivity index (χ4n) is 3.83. The second-order valence-electron chi connectivity index (χ2n) is 8.16. The number of fused-ring (bicyclic) bond motifs is 1. The summed E-state index contributed by atoms with van der Waals surface area (Å²) in [5.41, 5.74) is -0.538. The number of nitrogens with zero attached hydrogens (tertiary/aromatic N) is 6. The molecule has 0 spiro atoms. The van der Waals surface area contributed by atoms with Gasteiger partial charge in [-0.3, -0.25) is 14.2 Å². The Labute approximate surface area is 201 Å². The molecule has 1 aliphatic rings. The lowest BCUT2D eigenvalue weighted by Gasteiger charge is -2.33. The van der Waals surface area contributed by atoms with Gasteiger partial charge in [-0.2, -0.15) is 4.31 Å². The average molecular weight is 506 g/mol. The summed E-state index contributed by atoms with van der Waals surface area (Å²) in [5.74, 6) is 0.229. The molecule has 13 heteroatoms. The SMILES string of the molecule is CCC(C)NC(=O)Cn1cnc2sc(C)c(S(=O)(=O)N3CCN(c4ncccn4)CC3)c2c1=O. The van der Waals surface area contributed by atoms with Crippen molar-refractivity contribution in [2.24, 2.45) is 0 Å². The van der Waals surface area contributed by atoms with Crippen LogP contribution in [-0.2, 0) is 21.4 Å². The van der Waals surface area contributed by atoms with Crippen LogP contribution in [0, 0.1) is 6.92 Å². The number of thiophene rings is 1. The zero-order chi connectivity index (χ0) is 24.5. The third kappa shape index (κ3) is 4.68. The number of hydrogen-bond acceptors (Lipinski definition) is 9. The number of anilines is 1. The second-order valence-corrected chi connectivity index (χ2v) is 11.2. The van der Waals surface area contributed by atoms with Gasteiger partial charge in [-0.15, -0.1) is 11.3 Å². The van der Waals surface area contributed by atoms with E-state index in [4.69, 9.17) is 0 Å². The predicted molar refractivity (Wildman–Crippen MR) is 130 cm³/mol. The van der Waals surface area contributed by atoms with E-state index in [2.05, 4.69) is 20.3 Å². The Bertz CT molecular complexity index is 1350. The molecule has 1 unspecified atom stereocenters. The Morgan fingerprint density at radius 3 is 2.50 bits per heavy atom. The van der Waals surface area contributed by atoms with Gasteiger partial charge in [-0.25, -0.2) is 23.4 Å². The lowest BCUT2D eigenvalue weighted by atomic mass is 10.2. The van der Waals surface area contributed by atoms with Crippen molar-refractivity contribution >= 4 is 43.4 Å². The number of amides is 1. The van der Waals surface area contributed by atoms with Crippen LogP contribution in [0.25, 0.3) is 10.2 Å². The predicted octanol–water partition coefficient (Wildman–Crippen LogP) is 0.982. The topological polar surface area (TPSA) is 130 Å². The van der Waals surface area contributed by atoms with E-state index in [0.29, 0.717) is 28.7 Å². The van der Waals surface area contributed by atoms with E-state index in [0.717, 1.165) is 22.3 Å². The molecular weight excluding hydrogens is 478 g/mol. The van der Waals surface area contributed by atoms with Crippen molar-refractivity contribution in [3.05, 3.63) is 40.0 Å². The molecule has 1 N–H and O–H groups in total. The highest BCUT2D eigenvalue weighted by atomic mass is 32.2. The zero-order valence-corrected chi connectivity index (χ0v) is 20.9. The Kier molecular flexibility index (Phi) is 6.96. The highest BCUT2D eigenvalue weighted by Crippen LogP contribution is 2.33. The van der Waals surface area contributed by atoms with Gasteiger partial charge < -0.3 is 10.2 Å². The molecule has 1 aliphatic heterocycles. The molecule has 1 saturated heterocycles. The summed E-state index contributed by atoms with van der Waals surface area (Å²) in [5, 5.41) is 2.84. The molecule has 0 aromatic carbocycles. The first kappa shape index (κ1) is 24.2. The number of nitrogens with one attached hydrogen (secondary N) is 1. The lowest BCUT2D eigenvalue weighted by molar-refractivity contribution is -0.122. The van der Waals surface area contributed by atoms with Crippen molar-refractivity contribution in [1.82, 2.24) is 29.1 Å². The number of sulfonamides is 1. The molecule has 0 bridgehead atoms. The van der Waals surface area contributed by atoms with Crippen LogP contribution in [0.5, 0.6) is 0 Å². The van der Waals surface area contributed by atoms with Crippen LogP contribution in [-0.4, -0.2) is 70.4 Å². The molecule has 3 aromatic rings. The molecule has 4 rings (SSSR count). The molecule has 3 aromatic heterocycles. The third-order valence-corrected chi connectivity index (χ3v) is 9.02. The highest BCUT2D eigenvalue weighted by molar-refractivity contribution is 7.89. The van der Waals surface area contributed by atoms with E-state index in [1.54, 1.807) is 25.4 Å². The van der Waals surface area contributed by atoms with E-state index in [9.17, 15) is 18.0 Å². The van der Waals surface area contributed by atoms with Gasteiger partial charge in [0.2, 0.25) is 21.9 Å². The minimum absolute atomic E-state index is 0.0221. The van der Waals surface area contributed by atoms with Crippen LogP contribution in [0.4, 0.5) is 5.95 Å². The molecule has 0 saturated carbocycles. The molecule has 34 heavy (non-hydrogen) atoms. The lowest BCUT2D eigenvalue weighted by Crippen LogP contribution is -2.49. The summed E-state index contributed by atoms with van der Waals surface area (Å²) < 4.78 is 29.8. The largest absolute Gasteiger partial charge is 0.352 e. The number of piperazine rings is 1. The molecule has 1 atom stereocenters. The van der Waals surface area contributed by atoms with Gasteiger partial charge in [0.05, 0.1) is 11.7 Å². The summed E-state index contributed by atoms with van der Waals surface area (Å²) in [6, 6.07) is 1.70. The Hall–Kier alpha value is -2.90. The van der Waals surface area contributed by atoms with Gasteiger partial charge in [0, 0.05) is 49.5 Å². The van der Waals surface area contributed by atoms with Crippen LogP contribution < -0.4 is 15.8 Å². The first-order valence-electron chi connectivity index (χ1n) is 11.0. The summed E-state index contributed by atoms with van der Waals surface area (Å²) >= 11 is 1.16. The van der Waals surface area contributed by atoms with Crippen molar-refractivity contribution < 1.29 is 13.2 Å². The number of aromatic nitrogens is 4. The molecule has 0 aliphatic carbocycles. The summed E-state index contributed by atoms with van der Waals surface area (Å²) in [7, 11) is -3.95. The number of carbonyl (C=O) groups excluding carboxylic acids is 1. The normalized spacial score (nSPS) is 16.0. The van der Waals surface area contributed by atoms with Crippen molar-refractivity contribution in [3.8, 4) is 0 Å². The molecular formula is C21H27N7O4S2. The van der Waals surface area contributed by atoms with Crippen molar-refractivity contribution in [2.45, 2.75) is 44.7 Å². The minimum atomic E-state index is -3.95. The maximum absolute atomic E-state index is 13.6. The first-order chi connectivity index (χ1) is 16.2. The molecule has 0 radical (unpaired) electrons. The average Bonchev–Trinajstić information content (AvgIpc) is 3.19. The number of carbonyl (C=O) groups is 1. The van der Waals surface area contributed by atoms with Gasteiger partial charge in [0.25, 0.3) is 5.56 Å². The quantitative estimate of drug-likeness (QED) is 0.503. The van der Waals surface area contributed by atoms with Crippen molar-refractivity contribution in [3.63, 3.8) is 0 Å². The molecule has 11 nitrogen and oxygen atoms in total. The summed E-state index contributed by atoms with van der Waals surface area (Å²) in [6.45, 7) is 6.61. The fourth-order valence-corrected chi connectivity index (χ4v) is 6.91. The number of hydrogen-bond donors (Lipinski definition) is 1. The van der Waals surface area contributed by atoms with Gasteiger partial charge in [0.1, 0.15) is 16.3 Å². The Morgan fingerprint density at radius 1 is 1.18 bits per heavy atom. The monoisotopic (exact) mass is 505 g/mol. The molecule has 182 valence electrons. The van der Waals surface area contributed by atoms with E-state index in [1.807, 2.05) is 18.7 Å². The standard InChI is InChI=1S/C21H27N7O4S2/c1-4-14(2)25-16(29)12-27-13-24-19-17(20(27)30)18(15(3)33-19)34(31,32)28-10-8-26(9-11-28)21-22-6-5-7-23-21/h5-7,13-14H,4,8-12H2,1-3H3,(H,25,29). The molecule has 4 heterocycles. The maximum atomic E-state index is 13.6. The van der Waals surface area contributed by atoms with E-state index in [-0.39, 0.29) is 41.9 Å². The second kappa shape index (κ2) is 9.76. The highest BCUT2D eigenvalue weighted by Gasteiger charge is 2.34. The first-order valence-corrected chi connectivity index (χ1v) is 13.3. The van der Waals surface area contributed by atoms with Crippen molar-refractivity contribution in [2.75, 3.05) is 31.1 Å². The maximum Gasteiger partial charge on any atom is 0.263 e. The van der Waals surface area contributed by atoms with Crippen LogP contribution in [0.15, 0.2) is 34.5 Å². The molecule has 1 amide bonds. The van der Waals surface area contributed by atoms with Crippen LogP contribution in [0.2, 0.25) is 0 Å². The van der Waals surface area contributed by atoms with Gasteiger partial charge >= 0.3 is 0 Å². The van der Waals surface area contributed by atoms with Crippen LogP contribution >= 0.6 is 11.3 Å². The number of aryl methyl sites for hydroxylation is 1. The zero-order valence-electron chi connectivity index (χ0n) is 19.3. The number of rotatable bonds is 7. The van der Waals surface area contributed by atoms with Gasteiger partial charge in [-0.1, -0.05) is 6.92 Å². The fraction of sp³-hybridized carbons (Fsp3) is 0.476. The van der Waals surface area contributed by atoms with E-state index >= 15 is 0 Å². The summed E-state index contributed by atoms with van der Waals surface area (Å²) in [4.78, 5) is 41.1.